The number of aliphatic hydroxyl groups excluding tert-OH is 1. The molecule has 4 nitrogen and oxygen atoms in total. The van der Waals surface area contributed by atoms with Crippen molar-refractivity contribution in [3.63, 3.8) is 0 Å². The molecular weight excluding hydrogens is 310 g/mol. The van der Waals surface area contributed by atoms with Crippen molar-refractivity contribution in [3.05, 3.63) is 34.4 Å². The Morgan fingerprint density at radius 1 is 1.10 bits per heavy atom. The van der Waals surface area contributed by atoms with Crippen molar-refractivity contribution < 1.29 is 46.1 Å². The third-order valence-electron chi connectivity index (χ3n) is 2.46. The van der Waals surface area contributed by atoms with Crippen molar-refractivity contribution >= 4 is 12.3 Å². The van der Waals surface area contributed by atoms with E-state index in [9.17, 15) is 35.9 Å². The largest absolute Gasteiger partial charge is 0.479 e. The molecule has 0 amide bonds. The number of benzene rings is 1. The van der Waals surface area contributed by atoms with Gasteiger partial charge >= 0.3 is 18.3 Å². The van der Waals surface area contributed by atoms with E-state index in [-0.39, 0.29) is 12.1 Å². The van der Waals surface area contributed by atoms with Crippen LogP contribution in [0.4, 0.5) is 26.3 Å². The molecule has 0 aliphatic carbocycles. The maximum atomic E-state index is 12.7. The summed E-state index contributed by atoms with van der Waals surface area (Å²) in [5, 5.41) is 17.6. The molecule has 0 spiro atoms. The van der Waals surface area contributed by atoms with E-state index in [0.717, 1.165) is 0 Å². The molecule has 1 atom stereocenters. The fourth-order valence-electron chi connectivity index (χ4n) is 1.62. The lowest BCUT2D eigenvalue weighted by Crippen LogP contribution is -2.21. The van der Waals surface area contributed by atoms with Gasteiger partial charge in [0.25, 0.3) is 0 Å². The first kappa shape index (κ1) is 17.0. The van der Waals surface area contributed by atoms with Gasteiger partial charge in [0.15, 0.2) is 12.4 Å². The first-order valence-electron chi connectivity index (χ1n) is 5.08. The quantitative estimate of drug-likeness (QED) is 0.664. The Balaban J connectivity index is 3.75. The number of hydrogen-bond donors (Lipinski definition) is 2. The van der Waals surface area contributed by atoms with Crippen molar-refractivity contribution in [2.24, 2.45) is 0 Å². The van der Waals surface area contributed by atoms with Gasteiger partial charge in [0.2, 0.25) is 0 Å². The topological polar surface area (TPSA) is 74.6 Å². The molecule has 0 heterocycles. The minimum atomic E-state index is -5.49. The highest BCUT2D eigenvalue weighted by Gasteiger charge is 2.45. The van der Waals surface area contributed by atoms with E-state index in [1.165, 1.54) is 0 Å². The monoisotopic (exact) mass is 316 g/mol. The standard InChI is InChI=1S/C11H6F6O4/c12-10(13,14)6-2-4(8(19)9(20)21)1-5(3-18)7(6)11(15,16)17/h1-3,8,19H,(H,20,21). The molecule has 1 aromatic rings. The SMILES string of the molecule is O=Cc1cc(C(O)C(=O)O)cc(C(F)(F)F)c1C(F)(F)F. The van der Waals surface area contributed by atoms with Gasteiger partial charge in [0.05, 0.1) is 11.1 Å². The zero-order chi connectivity index (χ0) is 16.6. The van der Waals surface area contributed by atoms with Gasteiger partial charge in [-0.15, -0.1) is 0 Å². The lowest BCUT2D eigenvalue weighted by atomic mass is 9.95. The fourth-order valence-corrected chi connectivity index (χ4v) is 1.62. The highest BCUT2D eigenvalue weighted by Crippen LogP contribution is 2.43. The van der Waals surface area contributed by atoms with Crippen LogP contribution in [0.1, 0.15) is 33.2 Å². The third kappa shape index (κ3) is 3.51. The second-order valence-electron chi connectivity index (χ2n) is 3.89. The van der Waals surface area contributed by atoms with Gasteiger partial charge in [-0.05, 0) is 17.7 Å². The zero-order valence-electron chi connectivity index (χ0n) is 9.79. The van der Waals surface area contributed by atoms with Crippen LogP contribution in [0.2, 0.25) is 0 Å². The van der Waals surface area contributed by atoms with Crippen LogP contribution in [-0.2, 0) is 17.1 Å². The lowest BCUT2D eigenvalue weighted by Gasteiger charge is -2.19. The van der Waals surface area contributed by atoms with Crippen LogP contribution in [0.25, 0.3) is 0 Å². The second-order valence-corrected chi connectivity index (χ2v) is 3.89. The molecule has 2 N–H and O–H groups in total. The maximum absolute atomic E-state index is 12.7. The predicted octanol–water partition coefficient (Wildman–Crippen LogP) is 2.65. The minimum absolute atomic E-state index is 0.144. The molecule has 10 heteroatoms. The third-order valence-corrected chi connectivity index (χ3v) is 2.46. The number of carboxylic acids is 1. The molecule has 0 aliphatic rings. The van der Waals surface area contributed by atoms with Gasteiger partial charge in [-0.25, -0.2) is 4.79 Å². The van der Waals surface area contributed by atoms with Crippen molar-refractivity contribution in [1.82, 2.24) is 0 Å². The predicted molar refractivity (Wildman–Crippen MR) is 54.4 cm³/mol. The normalized spacial score (nSPS) is 13.9. The molecule has 1 rings (SSSR count). The Hall–Kier alpha value is -2.10. The summed E-state index contributed by atoms with van der Waals surface area (Å²) in [4.78, 5) is 21.1. The van der Waals surface area contributed by atoms with Crippen LogP contribution in [-0.4, -0.2) is 22.5 Å². The summed E-state index contributed by atoms with van der Waals surface area (Å²) < 4.78 is 76.1. The van der Waals surface area contributed by atoms with Crippen LogP contribution < -0.4 is 0 Å². The highest BCUT2D eigenvalue weighted by atomic mass is 19.4. The first-order valence-corrected chi connectivity index (χ1v) is 5.08. The average molecular weight is 316 g/mol. The van der Waals surface area contributed by atoms with Crippen LogP contribution in [0, 0.1) is 0 Å². The van der Waals surface area contributed by atoms with E-state index in [1.54, 1.807) is 0 Å². The summed E-state index contributed by atoms with van der Waals surface area (Å²) in [6.45, 7) is 0. The van der Waals surface area contributed by atoms with E-state index in [1.807, 2.05) is 0 Å². The van der Waals surface area contributed by atoms with Gasteiger partial charge in [-0.1, -0.05) is 0 Å². The van der Waals surface area contributed by atoms with E-state index in [0.29, 0.717) is 0 Å². The molecule has 0 fully saturated rings. The van der Waals surface area contributed by atoms with E-state index in [4.69, 9.17) is 10.2 Å². The Morgan fingerprint density at radius 3 is 1.95 bits per heavy atom. The zero-order valence-corrected chi connectivity index (χ0v) is 9.79. The number of carbonyl (C=O) groups excluding carboxylic acids is 1. The average Bonchev–Trinajstić information content (AvgIpc) is 2.33. The van der Waals surface area contributed by atoms with Crippen molar-refractivity contribution in [2.75, 3.05) is 0 Å². The summed E-state index contributed by atoms with van der Waals surface area (Å²) in [6.07, 6.45) is -14.0. The van der Waals surface area contributed by atoms with Gasteiger partial charge in [0.1, 0.15) is 0 Å². The summed E-state index contributed by atoms with van der Waals surface area (Å²) in [5.41, 5.74) is -6.86. The summed E-state index contributed by atoms with van der Waals surface area (Å²) in [5.74, 6) is -1.97. The van der Waals surface area contributed by atoms with Gasteiger partial charge in [-0.2, -0.15) is 26.3 Å². The van der Waals surface area contributed by atoms with Crippen molar-refractivity contribution in [3.8, 4) is 0 Å². The molecule has 0 aromatic heterocycles. The highest BCUT2D eigenvalue weighted by molar-refractivity contribution is 5.81. The van der Waals surface area contributed by atoms with E-state index < -0.39 is 53.0 Å². The van der Waals surface area contributed by atoms with Gasteiger partial charge in [0, 0.05) is 5.56 Å². The Morgan fingerprint density at radius 2 is 1.62 bits per heavy atom. The number of aliphatic carboxylic acids is 1. The van der Waals surface area contributed by atoms with Gasteiger partial charge < -0.3 is 10.2 Å². The molecule has 1 unspecified atom stereocenters. The fraction of sp³-hybridized carbons (Fsp3) is 0.273. The summed E-state index contributed by atoms with van der Waals surface area (Å²) in [6, 6.07) is 0.110. The Labute approximate surface area is 112 Å². The first-order chi connectivity index (χ1) is 9.39. The number of rotatable bonds is 3. The van der Waals surface area contributed by atoms with Gasteiger partial charge in [-0.3, -0.25) is 4.79 Å². The molecule has 1 aromatic carbocycles. The Bertz CT molecular complexity index is 575. The molecular formula is C11H6F6O4. The Kier molecular flexibility index (Phi) is 4.32. The van der Waals surface area contributed by atoms with Crippen LogP contribution >= 0.6 is 0 Å². The number of carbonyl (C=O) groups is 2. The smallest absolute Gasteiger partial charge is 0.417 e. The number of aldehydes is 1. The van der Waals surface area contributed by atoms with Crippen LogP contribution in [0.5, 0.6) is 0 Å². The minimum Gasteiger partial charge on any atom is -0.479 e. The number of halogens is 6. The lowest BCUT2D eigenvalue weighted by molar-refractivity contribution is -0.162. The summed E-state index contributed by atoms with van der Waals surface area (Å²) in [7, 11) is 0. The van der Waals surface area contributed by atoms with Crippen LogP contribution in [0.3, 0.4) is 0 Å². The maximum Gasteiger partial charge on any atom is 0.417 e. The molecule has 0 radical (unpaired) electrons. The van der Waals surface area contributed by atoms with Crippen molar-refractivity contribution in [2.45, 2.75) is 18.5 Å². The second kappa shape index (κ2) is 5.35. The molecule has 0 saturated carbocycles. The molecule has 0 aliphatic heterocycles. The molecule has 21 heavy (non-hydrogen) atoms. The number of aliphatic hydroxyl groups is 1. The molecule has 0 saturated heterocycles. The number of carboxylic acid groups (broad SMARTS) is 1. The number of hydrogen-bond acceptors (Lipinski definition) is 3. The molecule has 116 valence electrons. The van der Waals surface area contributed by atoms with Crippen LogP contribution in [0.15, 0.2) is 12.1 Å². The summed E-state index contributed by atoms with van der Waals surface area (Å²) >= 11 is 0. The van der Waals surface area contributed by atoms with Crippen molar-refractivity contribution in [1.29, 1.82) is 0 Å². The van der Waals surface area contributed by atoms with E-state index in [2.05, 4.69) is 0 Å². The molecule has 0 bridgehead atoms. The van der Waals surface area contributed by atoms with E-state index >= 15 is 0 Å². The number of alkyl halides is 6.